The van der Waals surface area contributed by atoms with Crippen molar-refractivity contribution in [3.05, 3.63) is 0 Å². The second-order valence-electron chi connectivity index (χ2n) is 5.91. The van der Waals surface area contributed by atoms with E-state index >= 15 is 0 Å². The second-order valence-corrected chi connectivity index (χ2v) is 23.9. The van der Waals surface area contributed by atoms with Crippen LogP contribution < -0.4 is 0 Å². The summed E-state index contributed by atoms with van der Waals surface area (Å²) < 4.78 is 6.85. The van der Waals surface area contributed by atoms with E-state index in [1.54, 1.807) is 42.4 Å². The van der Waals surface area contributed by atoms with Gasteiger partial charge < -0.3 is 0 Å². The van der Waals surface area contributed by atoms with Crippen molar-refractivity contribution in [2.45, 2.75) is 95.8 Å². The molecule has 0 fully saturated rings. The van der Waals surface area contributed by atoms with Gasteiger partial charge in [-0.3, -0.25) is 0 Å². The third-order valence-electron chi connectivity index (χ3n) is 4.24. The average molecular weight is 407 g/mol. The zero-order valence-corrected chi connectivity index (χ0v) is 16.6. The summed E-state index contributed by atoms with van der Waals surface area (Å²) >= 11 is -1.83. The van der Waals surface area contributed by atoms with Gasteiger partial charge >= 0.3 is 116 Å². The zero-order valence-electron chi connectivity index (χ0n) is 13.0. The Morgan fingerprint density at radius 3 is 0.882 bits per heavy atom. The molecule has 0 radical (unpaired) electrons. The second kappa shape index (κ2) is 11.9. The molecule has 0 aliphatic carbocycles. The SMILES string of the molecule is CCC[CH2][Hf]([CH2]CCC)([CH2]CCC)[CH2]CCC. The molecular formula is C16H36Hf. The van der Waals surface area contributed by atoms with Gasteiger partial charge in [-0.25, -0.2) is 0 Å². The molecule has 0 N–H and O–H groups in total. The van der Waals surface area contributed by atoms with E-state index in [9.17, 15) is 0 Å². The molecule has 0 nitrogen and oxygen atoms in total. The third-order valence-corrected chi connectivity index (χ3v) is 24.6. The molecule has 104 valence electrons. The van der Waals surface area contributed by atoms with E-state index in [-0.39, 0.29) is 0 Å². The first-order valence-corrected chi connectivity index (χ1v) is 18.4. The van der Waals surface area contributed by atoms with Crippen molar-refractivity contribution in [1.82, 2.24) is 0 Å². The number of unbranched alkanes of at least 4 members (excludes halogenated alkanes) is 4. The van der Waals surface area contributed by atoms with Gasteiger partial charge in [0.05, 0.1) is 0 Å². The molecule has 0 saturated carbocycles. The number of rotatable bonds is 12. The van der Waals surface area contributed by atoms with Crippen LogP contribution in [0.1, 0.15) is 79.1 Å². The Hall–Kier alpha value is 0.870. The van der Waals surface area contributed by atoms with Crippen LogP contribution in [0.15, 0.2) is 0 Å². The van der Waals surface area contributed by atoms with Gasteiger partial charge in [0.1, 0.15) is 0 Å². The Kier molecular flexibility index (Phi) is 12.5. The fourth-order valence-electron chi connectivity index (χ4n) is 2.96. The summed E-state index contributed by atoms with van der Waals surface area (Å²) in [6.07, 6.45) is 11.9. The van der Waals surface area contributed by atoms with E-state index in [0.717, 1.165) is 0 Å². The molecule has 1 heteroatoms. The van der Waals surface area contributed by atoms with Crippen LogP contribution in [0.3, 0.4) is 0 Å². The first-order chi connectivity index (χ1) is 8.24. The Morgan fingerprint density at radius 1 is 0.471 bits per heavy atom. The molecule has 0 rings (SSSR count). The molecule has 0 bridgehead atoms. The summed E-state index contributed by atoms with van der Waals surface area (Å²) in [5.74, 6) is 0. The van der Waals surface area contributed by atoms with Crippen molar-refractivity contribution >= 4 is 0 Å². The minimum absolute atomic E-state index is 1.42. The quantitative estimate of drug-likeness (QED) is 0.305. The van der Waals surface area contributed by atoms with Gasteiger partial charge in [-0.05, 0) is 0 Å². The summed E-state index contributed by atoms with van der Waals surface area (Å²) in [6, 6.07) is 0. The van der Waals surface area contributed by atoms with Crippen molar-refractivity contribution in [1.29, 1.82) is 0 Å². The Bertz CT molecular complexity index is 116. The van der Waals surface area contributed by atoms with Crippen LogP contribution in [0.25, 0.3) is 0 Å². The van der Waals surface area contributed by atoms with E-state index < -0.39 is 20.0 Å². The molecule has 0 aliphatic rings. The molecule has 17 heavy (non-hydrogen) atoms. The van der Waals surface area contributed by atoms with Crippen molar-refractivity contribution in [2.75, 3.05) is 0 Å². The standard InChI is InChI=1S/4C4H9.Hf/c4*1-3-4-2;/h4*1,3-4H2,2H3;. The van der Waals surface area contributed by atoms with Crippen molar-refractivity contribution in [2.24, 2.45) is 0 Å². The van der Waals surface area contributed by atoms with Crippen molar-refractivity contribution < 1.29 is 20.0 Å². The monoisotopic (exact) mass is 408 g/mol. The molecule has 0 aromatic carbocycles. The van der Waals surface area contributed by atoms with E-state index in [4.69, 9.17) is 0 Å². The van der Waals surface area contributed by atoms with Crippen LogP contribution in [0, 0.1) is 0 Å². The first kappa shape index (κ1) is 17.9. The van der Waals surface area contributed by atoms with Crippen LogP contribution in [-0.2, 0) is 20.0 Å². The maximum atomic E-state index is 2.37. The molecular weight excluding hydrogens is 371 g/mol. The van der Waals surface area contributed by atoms with E-state index in [0.29, 0.717) is 0 Å². The summed E-state index contributed by atoms with van der Waals surface area (Å²) in [5, 5.41) is 0. The molecule has 0 aliphatic heterocycles. The molecule has 0 aromatic heterocycles. The molecule has 0 spiro atoms. The summed E-state index contributed by atoms with van der Waals surface area (Å²) in [4.78, 5) is 0. The Balaban J connectivity index is 4.39. The molecule has 0 heterocycles. The van der Waals surface area contributed by atoms with Gasteiger partial charge in [0, 0.05) is 0 Å². The van der Waals surface area contributed by atoms with Crippen LogP contribution >= 0.6 is 0 Å². The molecule has 0 amide bonds. The van der Waals surface area contributed by atoms with E-state index in [2.05, 4.69) is 27.7 Å². The van der Waals surface area contributed by atoms with Crippen LogP contribution in [0.4, 0.5) is 0 Å². The predicted octanol–water partition coefficient (Wildman–Crippen LogP) is 7.01. The predicted molar refractivity (Wildman–Crippen MR) is 78.9 cm³/mol. The van der Waals surface area contributed by atoms with Crippen LogP contribution in [-0.4, -0.2) is 0 Å². The van der Waals surface area contributed by atoms with Gasteiger partial charge in [0.2, 0.25) is 0 Å². The Morgan fingerprint density at radius 2 is 0.706 bits per heavy atom. The molecule has 0 saturated heterocycles. The van der Waals surface area contributed by atoms with Crippen LogP contribution in [0.5, 0.6) is 0 Å². The fraction of sp³-hybridized carbons (Fsp3) is 1.00. The first-order valence-electron chi connectivity index (χ1n) is 8.24. The normalized spacial score (nSPS) is 12.0. The van der Waals surface area contributed by atoms with E-state index in [1.807, 2.05) is 0 Å². The topological polar surface area (TPSA) is 0 Å². The van der Waals surface area contributed by atoms with Gasteiger partial charge in [0.25, 0.3) is 0 Å². The number of hydrogen-bond donors (Lipinski definition) is 0. The summed E-state index contributed by atoms with van der Waals surface area (Å²) in [5.41, 5.74) is 0. The van der Waals surface area contributed by atoms with Gasteiger partial charge in [-0.2, -0.15) is 0 Å². The van der Waals surface area contributed by atoms with Crippen molar-refractivity contribution in [3.63, 3.8) is 0 Å². The average Bonchev–Trinajstić information content (AvgIpc) is 2.37. The molecule has 0 atom stereocenters. The molecule has 0 aromatic rings. The van der Waals surface area contributed by atoms with E-state index in [1.165, 1.54) is 25.7 Å². The zero-order chi connectivity index (χ0) is 13.0. The van der Waals surface area contributed by atoms with Gasteiger partial charge in [0.15, 0.2) is 0 Å². The summed E-state index contributed by atoms with van der Waals surface area (Å²) in [6.45, 7) is 9.49. The third kappa shape index (κ3) is 8.56. The van der Waals surface area contributed by atoms with Crippen LogP contribution in [0.2, 0.25) is 16.7 Å². The fourth-order valence-corrected chi connectivity index (χ4v) is 24.2. The maximum absolute atomic E-state index is 2.37. The molecule has 0 unspecified atom stereocenters. The van der Waals surface area contributed by atoms with Crippen molar-refractivity contribution in [3.8, 4) is 0 Å². The number of hydrogen-bond acceptors (Lipinski definition) is 0. The minimum atomic E-state index is -1.83. The summed E-state index contributed by atoms with van der Waals surface area (Å²) in [7, 11) is 0. The Labute approximate surface area is 115 Å². The van der Waals surface area contributed by atoms with Gasteiger partial charge in [-0.15, -0.1) is 0 Å². The van der Waals surface area contributed by atoms with Gasteiger partial charge in [-0.1, -0.05) is 0 Å².